The van der Waals surface area contributed by atoms with E-state index in [1.165, 1.54) is 0 Å². The Balaban J connectivity index is 2.22. The summed E-state index contributed by atoms with van der Waals surface area (Å²) in [6.45, 7) is 1.91. The van der Waals surface area contributed by atoms with Crippen LogP contribution >= 0.6 is 0 Å². The van der Waals surface area contributed by atoms with Crippen molar-refractivity contribution in [2.24, 2.45) is 0 Å². The summed E-state index contributed by atoms with van der Waals surface area (Å²) < 4.78 is 0. The normalized spacial score (nSPS) is 9.68. The molecule has 0 fully saturated rings. The van der Waals surface area contributed by atoms with Crippen molar-refractivity contribution in [2.75, 3.05) is 5.32 Å². The third-order valence-corrected chi connectivity index (χ3v) is 2.77. The monoisotopic (exact) mass is 252 g/mol. The lowest BCUT2D eigenvalue weighted by Gasteiger charge is -2.10. The molecule has 0 heterocycles. The average Bonchev–Trinajstić information content (AvgIpc) is 2.41. The minimum atomic E-state index is -0.943. The van der Waals surface area contributed by atoms with E-state index in [0.29, 0.717) is 5.56 Å². The van der Waals surface area contributed by atoms with Crippen molar-refractivity contribution in [3.05, 3.63) is 59.2 Å². The molecule has 0 unspecified atom stereocenters. The molecule has 0 aliphatic rings. The molecule has 2 aromatic rings. The zero-order chi connectivity index (χ0) is 13.8. The van der Waals surface area contributed by atoms with Crippen LogP contribution in [0.1, 0.15) is 21.5 Å². The highest BCUT2D eigenvalue weighted by Crippen LogP contribution is 2.21. The lowest BCUT2D eigenvalue weighted by atomic mass is 10.1. The molecule has 0 aliphatic heterocycles. The first-order chi connectivity index (χ1) is 9.10. The molecule has 0 saturated heterocycles. The van der Waals surface area contributed by atoms with Crippen LogP contribution in [0.5, 0.6) is 0 Å². The van der Waals surface area contributed by atoms with Gasteiger partial charge in [0.05, 0.1) is 17.2 Å². The number of aromatic carboxylic acids is 1. The van der Waals surface area contributed by atoms with E-state index in [1.54, 1.807) is 36.4 Å². The van der Waals surface area contributed by atoms with Crippen molar-refractivity contribution < 1.29 is 9.90 Å². The number of nitriles is 1. The summed E-state index contributed by atoms with van der Waals surface area (Å²) in [6, 6.07) is 14.0. The highest BCUT2D eigenvalue weighted by atomic mass is 16.4. The lowest BCUT2D eigenvalue weighted by Crippen LogP contribution is -1.97. The van der Waals surface area contributed by atoms with E-state index in [0.717, 1.165) is 16.9 Å². The Morgan fingerprint density at radius 2 is 1.89 bits per heavy atom. The molecule has 0 bridgehead atoms. The Morgan fingerprint density at radius 1 is 1.21 bits per heavy atom. The summed E-state index contributed by atoms with van der Waals surface area (Å²) in [5, 5.41) is 20.8. The SMILES string of the molecule is Cc1cc(C#N)ccc1Nc1ccc(C(=O)O)cc1. The molecule has 4 heteroatoms. The lowest BCUT2D eigenvalue weighted by molar-refractivity contribution is 0.0697. The number of carboxylic acid groups (broad SMARTS) is 1. The van der Waals surface area contributed by atoms with Gasteiger partial charge in [0.25, 0.3) is 0 Å². The second kappa shape index (κ2) is 5.23. The smallest absolute Gasteiger partial charge is 0.335 e. The van der Waals surface area contributed by atoms with Crippen molar-refractivity contribution in [3.8, 4) is 6.07 Å². The Morgan fingerprint density at radius 3 is 2.42 bits per heavy atom. The van der Waals surface area contributed by atoms with Crippen LogP contribution in [0.25, 0.3) is 0 Å². The number of carbonyl (C=O) groups is 1. The van der Waals surface area contributed by atoms with Gasteiger partial charge in [-0.2, -0.15) is 5.26 Å². The summed E-state index contributed by atoms with van der Waals surface area (Å²) in [7, 11) is 0. The van der Waals surface area contributed by atoms with Gasteiger partial charge in [-0.15, -0.1) is 0 Å². The van der Waals surface area contributed by atoms with Crippen LogP contribution in [-0.2, 0) is 0 Å². The minimum Gasteiger partial charge on any atom is -0.478 e. The Labute approximate surface area is 110 Å². The molecule has 2 aromatic carbocycles. The first kappa shape index (κ1) is 12.7. The fourth-order valence-corrected chi connectivity index (χ4v) is 1.73. The van der Waals surface area contributed by atoms with E-state index >= 15 is 0 Å². The zero-order valence-corrected chi connectivity index (χ0v) is 10.3. The fraction of sp³-hybridized carbons (Fsp3) is 0.0667. The van der Waals surface area contributed by atoms with Gasteiger partial charge in [0.2, 0.25) is 0 Å². The van der Waals surface area contributed by atoms with E-state index in [-0.39, 0.29) is 5.56 Å². The second-order valence-electron chi connectivity index (χ2n) is 4.15. The van der Waals surface area contributed by atoms with Gasteiger partial charge in [0.15, 0.2) is 0 Å². The number of benzene rings is 2. The van der Waals surface area contributed by atoms with Crippen LogP contribution < -0.4 is 5.32 Å². The Hall–Kier alpha value is -2.80. The molecule has 0 aromatic heterocycles. The number of anilines is 2. The largest absolute Gasteiger partial charge is 0.478 e. The maximum Gasteiger partial charge on any atom is 0.335 e. The van der Waals surface area contributed by atoms with Crippen LogP contribution in [0, 0.1) is 18.3 Å². The number of hydrogen-bond donors (Lipinski definition) is 2. The number of nitrogens with zero attached hydrogens (tertiary/aromatic N) is 1. The topological polar surface area (TPSA) is 73.1 Å². The maximum absolute atomic E-state index is 10.7. The standard InChI is InChI=1S/C15H12N2O2/c1-10-8-11(9-16)2-7-14(10)17-13-5-3-12(4-6-13)15(18)19/h2-8,17H,1H3,(H,18,19). The predicted octanol–water partition coefficient (Wildman–Crippen LogP) is 3.31. The van der Waals surface area contributed by atoms with Gasteiger partial charge in [0, 0.05) is 11.4 Å². The second-order valence-corrected chi connectivity index (χ2v) is 4.15. The molecule has 19 heavy (non-hydrogen) atoms. The van der Waals surface area contributed by atoms with Gasteiger partial charge in [-0.3, -0.25) is 0 Å². The Bertz CT molecular complexity index is 655. The van der Waals surface area contributed by atoms with Gasteiger partial charge in [0.1, 0.15) is 0 Å². The van der Waals surface area contributed by atoms with Gasteiger partial charge in [-0.25, -0.2) is 4.79 Å². The molecule has 94 valence electrons. The van der Waals surface area contributed by atoms with Crippen LogP contribution in [0.15, 0.2) is 42.5 Å². The van der Waals surface area contributed by atoms with E-state index in [9.17, 15) is 4.79 Å². The van der Waals surface area contributed by atoms with Crippen molar-refractivity contribution in [3.63, 3.8) is 0 Å². The van der Waals surface area contributed by atoms with E-state index in [2.05, 4.69) is 11.4 Å². The minimum absolute atomic E-state index is 0.252. The van der Waals surface area contributed by atoms with Gasteiger partial charge in [-0.1, -0.05) is 0 Å². The number of nitrogens with one attached hydrogen (secondary N) is 1. The first-order valence-corrected chi connectivity index (χ1v) is 5.71. The molecule has 0 amide bonds. The van der Waals surface area contributed by atoms with Crippen molar-refractivity contribution in [2.45, 2.75) is 6.92 Å². The fourth-order valence-electron chi connectivity index (χ4n) is 1.73. The molecule has 0 atom stereocenters. The molecule has 4 nitrogen and oxygen atoms in total. The van der Waals surface area contributed by atoms with Crippen molar-refractivity contribution in [1.82, 2.24) is 0 Å². The highest BCUT2D eigenvalue weighted by molar-refractivity contribution is 5.88. The Kier molecular flexibility index (Phi) is 3.48. The van der Waals surface area contributed by atoms with Crippen LogP contribution in [0.3, 0.4) is 0 Å². The van der Waals surface area contributed by atoms with Gasteiger partial charge < -0.3 is 10.4 Å². The summed E-state index contributed by atoms with van der Waals surface area (Å²) >= 11 is 0. The summed E-state index contributed by atoms with van der Waals surface area (Å²) in [5.74, 6) is -0.943. The van der Waals surface area contributed by atoms with Crippen molar-refractivity contribution in [1.29, 1.82) is 5.26 Å². The number of hydrogen-bond acceptors (Lipinski definition) is 3. The molecule has 0 spiro atoms. The maximum atomic E-state index is 10.7. The molecule has 0 saturated carbocycles. The highest BCUT2D eigenvalue weighted by Gasteiger charge is 2.03. The average molecular weight is 252 g/mol. The van der Waals surface area contributed by atoms with E-state index in [1.807, 2.05) is 13.0 Å². The summed E-state index contributed by atoms with van der Waals surface area (Å²) in [4.78, 5) is 10.7. The molecular weight excluding hydrogens is 240 g/mol. The van der Waals surface area contributed by atoms with E-state index < -0.39 is 5.97 Å². The summed E-state index contributed by atoms with van der Waals surface area (Å²) in [5.41, 5.74) is 3.52. The summed E-state index contributed by atoms with van der Waals surface area (Å²) in [6.07, 6.45) is 0. The molecule has 2 rings (SSSR count). The quantitative estimate of drug-likeness (QED) is 0.878. The predicted molar refractivity (Wildman–Crippen MR) is 72.6 cm³/mol. The zero-order valence-electron chi connectivity index (χ0n) is 10.3. The third-order valence-electron chi connectivity index (χ3n) is 2.77. The third kappa shape index (κ3) is 2.90. The molecule has 0 radical (unpaired) electrons. The van der Waals surface area contributed by atoms with Crippen LogP contribution in [-0.4, -0.2) is 11.1 Å². The number of carboxylic acids is 1. The van der Waals surface area contributed by atoms with Crippen molar-refractivity contribution >= 4 is 17.3 Å². The molecule has 2 N–H and O–H groups in total. The number of rotatable bonds is 3. The number of aryl methyl sites for hydroxylation is 1. The van der Waals surface area contributed by atoms with Gasteiger partial charge in [-0.05, 0) is 55.0 Å². The molecule has 0 aliphatic carbocycles. The van der Waals surface area contributed by atoms with Gasteiger partial charge >= 0.3 is 5.97 Å². The van der Waals surface area contributed by atoms with E-state index in [4.69, 9.17) is 10.4 Å². The first-order valence-electron chi connectivity index (χ1n) is 5.71. The van der Waals surface area contributed by atoms with Crippen LogP contribution in [0.2, 0.25) is 0 Å². The molecular formula is C15H12N2O2. The van der Waals surface area contributed by atoms with Crippen LogP contribution in [0.4, 0.5) is 11.4 Å².